The largest absolute Gasteiger partial charge is 0.481 e. The van der Waals surface area contributed by atoms with Crippen molar-refractivity contribution in [1.29, 1.82) is 5.26 Å². The number of rotatable bonds is 4. The Kier molecular flexibility index (Phi) is 3.83. The first-order valence-electron chi connectivity index (χ1n) is 4.61. The standard InChI is InChI=1S/C11H12N2O2/c12-7-8-2-1-3-9(6-8)10(13)4-5-11(14)15/h1-3,6,10H,4-5,13H2,(H,14,15). The van der Waals surface area contributed by atoms with Gasteiger partial charge in [-0.1, -0.05) is 12.1 Å². The van der Waals surface area contributed by atoms with Crippen molar-refractivity contribution in [2.24, 2.45) is 5.73 Å². The molecule has 0 heterocycles. The van der Waals surface area contributed by atoms with E-state index in [1.54, 1.807) is 24.3 Å². The molecule has 0 aliphatic rings. The number of nitriles is 1. The number of nitrogens with two attached hydrogens (primary N) is 1. The Morgan fingerprint density at radius 1 is 1.60 bits per heavy atom. The van der Waals surface area contributed by atoms with Gasteiger partial charge in [-0.15, -0.1) is 0 Å². The van der Waals surface area contributed by atoms with Gasteiger partial charge in [-0.25, -0.2) is 0 Å². The summed E-state index contributed by atoms with van der Waals surface area (Å²) < 4.78 is 0. The molecule has 4 nitrogen and oxygen atoms in total. The minimum Gasteiger partial charge on any atom is -0.481 e. The molecule has 0 radical (unpaired) electrons. The Morgan fingerprint density at radius 3 is 2.93 bits per heavy atom. The van der Waals surface area contributed by atoms with E-state index in [1.165, 1.54) is 0 Å². The Morgan fingerprint density at radius 2 is 2.33 bits per heavy atom. The molecule has 1 aromatic rings. The van der Waals surface area contributed by atoms with Crippen LogP contribution in [0.25, 0.3) is 0 Å². The van der Waals surface area contributed by atoms with Crippen molar-refractivity contribution < 1.29 is 9.90 Å². The third-order valence-electron chi connectivity index (χ3n) is 2.11. The van der Waals surface area contributed by atoms with Crippen LogP contribution in [0.1, 0.15) is 30.0 Å². The van der Waals surface area contributed by atoms with E-state index in [1.807, 2.05) is 6.07 Å². The van der Waals surface area contributed by atoms with Crippen LogP contribution in [0.4, 0.5) is 0 Å². The van der Waals surface area contributed by atoms with Crippen molar-refractivity contribution in [3.05, 3.63) is 35.4 Å². The lowest BCUT2D eigenvalue weighted by Crippen LogP contribution is -2.12. The highest BCUT2D eigenvalue weighted by Crippen LogP contribution is 2.16. The maximum absolute atomic E-state index is 10.4. The predicted octanol–water partition coefficient (Wildman–Crippen LogP) is 1.42. The zero-order chi connectivity index (χ0) is 11.3. The van der Waals surface area contributed by atoms with Crippen molar-refractivity contribution in [2.75, 3.05) is 0 Å². The zero-order valence-corrected chi connectivity index (χ0v) is 8.18. The lowest BCUT2D eigenvalue weighted by atomic mass is 10.0. The lowest BCUT2D eigenvalue weighted by molar-refractivity contribution is -0.137. The number of hydrogen-bond donors (Lipinski definition) is 2. The molecule has 0 saturated carbocycles. The molecule has 0 aliphatic heterocycles. The first-order chi connectivity index (χ1) is 7.13. The van der Waals surface area contributed by atoms with E-state index in [0.29, 0.717) is 12.0 Å². The molecule has 1 rings (SSSR count). The van der Waals surface area contributed by atoms with Crippen LogP contribution in [0.5, 0.6) is 0 Å². The Balaban J connectivity index is 2.69. The van der Waals surface area contributed by atoms with Gasteiger partial charge in [0.05, 0.1) is 11.6 Å². The van der Waals surface area contributed by atoms with Crippen LogP contribution in [-0.2, 0) is 4.79 Å². The second-order valence-corrected chi connectivity index (χ2v) is 3.28. The van der Waals surface area contributed by atoms with Crippen LogP contribution >= 0.6 is 0 Å². The summed E-state index contributed by atoms with van der Waals surface area (Å²) in [7, 11) is 0. The van der Waals surface area contributed by atoms with Gasteiger partial charge in [-0.2, -0.15) is 5.26 Å². The summed E-state index contributed by atoms with van der Waals surface area (Å²) in [5.41, 5.74) is 7.14. The van der Waals surface area contributed by atoms with E-state index < -0.39 is 5.97 Å². The summed E-state index contributed by atoms with van der Waals surface area (Å²) >= 11 is 0. The van der Waals surface area contributed by atoms with Gasteiger partial charge in [0.25, 0.3) is 0 Å². The molecule has 0 spiro atoms. The van der Waals surface area contributed by atoms with Crippen molar-refractivity contribution in [1.82, 2.24) is 0 Å². The molecule has 0 fully saturated rings. The zero-order valence-electron chi connectivity index (χ0n) is 8.18. The smallest absolute Gasteiger partial charge is 0.303 e. The van der Waals surface area contributed by atoms with E-state index in [0.717, 1.165) is 5.56 Å². The van der Waals surface area contributed by atoms with Gasteiger partial charge < -0.3 is 10.8 Å². The van der Waals surface area contributed by atoms with Crippen LogP contribution in [-0.4, -0.2) is 11.1 Å². The fourth-order valence-corrected chi connectivity index (χ4v) is 1.28. The molecule has 3 N–H and O–H groups in total. The fourth-order valence-electron chi connectivity index (χ4n) is 1.28. The van der Waals surface area contributed by atoms with E-state index in [4.69, 9.17) is 16.1 Å². The number of carboxylic acid groups (broad SMARTS) is 1. The summed E-state index contributed by atoms with van der Waals surface area (Å²) in [6, 6.07) is 8.61. The summed E-state index contributed by atoms with van der Waals surface area (Å²) in [6.07, 6.45) is 0.419. The molecular weight excluding hydrogens is 192 g/mol. The molecule has 1 unspecified atom stereocenters. The van der Waals surface area contributed by atoms with Crippen LogP contribution in [0.15, 0.2) is 24.3 Å². The molecule has 0 aromatic heterocycles. The van der Waals surface area contributed by atoms with E-state index in [-0.39, 0.29) is 12.5 Å². The second kappa shape index (κ2) is 5.13. The summed E-state index contributed by atoms with van der Waals surface area (Å²) in [4.78, 5) is 10.4. The summed E-state index contributed by atoms with van der Waals surface area (Å²) in [6.45, 7) is 0. The maximum Gasteiger partial charge on any atom is 0.303 e. The van der Waals surface area contributed by atoms with Gasteiger partial charge in [0.15, 0.2) is 0 Å². The van der Waals surface area contributed by atoms with Gasteiger partial charge >= 0.3 is 5.97 Å². The third-order valence-corrected chi connectivity index (χ3v) is 2.11. The average molecular weight is 204 g/mol. The first-order valence-corrected chi connectivity index (χ1v) is 4.61. The highest BCUT2D eigenvalue weighted by Gasteiger charge is 2.08. The van der Waals surface area contributed by atoms with Crippen molar-refractivity contribution in [3.63, 3.8) is 0 Å². The number of hydrogen-bond acceptors (Lipinski definition) is 3. The van der Waals surface area contributed by atoms with Gasteiger partial charge in [-0.3, -0.25) is 4.79 Å². The van der Waals surface area contributed by atoms with Gasteiger partial charge in [-0.05, 0) is 24.1 Å². The Labute approximate surface area is 87.9 Å². The highest BCUT2D eigenvalue weighted by atomic mass is 16.4. The number of carbonyl (C=O) groups is 1. The minimum absolute atomic E-state index is 0.0396. The molecule has 15 heavy (non-hydrogen) atoms. The minimum atomic E-state index is -0.859. The van der Waals surface area contributed by atoms with E-state index in [2.05, 4.69) is 0 Å². The Bertz CT molecular complexity index is 396. The monoisotopic (exact) mass is 204 g/mol. The predicted molar refractivity (Wildman–Crippen MR) is 55.0 cm³/mol. The van der Waals surface area contributed by atoms with Crippen LogP contribution in [0, 0.1) is 11.3 Å². The number of nitrogens with zero attached hydrogens (tertiary/aromatic N) is 1. The summed E-state index contributed by atoms with van der Waals surface area (Å²) in [5, 5.41) is 17.2. The molecule has 0 aliphatic carbocycles. The lowest BCUT2D eigenvalue weighted by Gasteiger charge is -2.10. The van der Waals surface area contributed by atoms with Gasteiger partial charge in [0.2, 0.25) is 0 Å². The molecule has 1 atom stereocenters. The highest BCUT2D eigenvalue weighted by molar-refractivity contribution is 5.66. The normalized spacial score (nSPS) is 11.7. The van der Waals surface area contributed by atoms with Crippen LogP contribution in [0.3, 0.4) is 0 Å². The van der Waals surface area contributed by atoms with E-state index in [9.17, 15) is 4.79 Å². The first kappa shape index (κ1) is 11.2. The van der Waals surface area contributed by atoms with E-state index >= 15 is 0 Å². The van der Waals surface area contributed by atoms with Gasteiger partial charge in [0.1, 0.15) is 0 Å². The SMILES string of the molecule is N#Cc1cccc(C(N)CCC(=O)O)c1. The van der Waals surface area contributed by atoms with Crippen LogP contribution in [0.2, 0.25) is 0 Å². The fraction of sp³-hybridized carbons (Fsp3) is 0.273. The molecule has 0 amide bonds. The quantitative estimate of drug-likeness (QED) is 0.776. The maximum atomic E-state index is 10.4. The summed E-state index contributed by atoms with van der Waals surface area (Å²) in [5.74, 6) is -0.859. The number of benzene rings is 1. The molecule has 0 saturated heterocycles. The molecular formula is C11H12N2O2. The van der Waals surface area contributed by atoms with Crippen molar-refractivity contribution in [2.45, 2.75) is 18.9 Å². The molecule has 0 bridgehead atoms. The second-order valence-electron chi connectivity index (χ2n) is 3.28. The average Bonchev–Trinajstić information content (AvgIpc) is 2.26. The Hall–Kier alpha value is -1.86. The molecule has 1 aromatic carbocycles. The van der Waals surface area contributed by atoms with Crippen LogP contribution < -0.4 is 5.73 Å². The van der Waals surface area contributed by atoms with Crippen molar-refractivity contribution in [3.8, 4) is 6.07 Å². The topological polar surface area (TPSA) is 87.1 Å². The van der Waals surface area contributed by atoms with Gasteiger partial charge in [0, 0.05) is 12.5 Å². The number of aliphatic carboxylic acids is 1. The molecule has 78 valence electrons. The molecule has 4 heteroatoms. The third kappa shape index (κ3) is 3.41. The number of carboxylic acids is 1. The van der Waals surface area contributed by atoms with Crippen molar-refractivity contribution >= 4 is 5.97 Å².